The van der Waals surface area contributed by atoms with E-state index in [0.29, 0.717) is 12.2 Å². The normalized spacial score (nSPS) is 10.1. The summed E-state index contributed by atoms with van der Waals surface area (Å²) in [5, 5.41) is 0. The third-order valence-corrected chi connectivity index (χ3v) is 2.68. The fourth-order valence-electron chi connectivity index (χ4n) is 1.75. The number of carbonyl (C=O) groups is 1. The van der Waals surface area contributed by atoms with Gasteiger partial charge in [-0.2, -0.15) is 0 Å². The van der Waals surface area contributed by atoms with Crippen molar-refractivity contribution in [3.05, 3.63) is 53.7 Å². The van der Waals surface area contributed by atoms with Gasteiger partial charge in [0.25, 0.3) is 0 Å². The van der Waals surface area contributed by atoms with E-state index in [9.17, 15) is 4.79 Å². The molecule has 0 radical (unpaired) electrons. The highest BCUT2D eigenvalue weighted by atomic mass is 16.5. The summed E-state index contributed by atoms with van der Waals surface area (Å²) in [5.74, 6) is -0.317. The van der Waals surface area contributed by atoms with Gasteiger partial charge in [0.15, 0.2) is 0 Å². The standard InChI is InChI=1S/C15H15NO2/c1-3-18-15(17)13-10-16-14(9-11(13)2)12-7-5-4-6-8-12/h4-10H,3H2,1-2H3. The summed E-state index contributed by atoms with van der Waals surface area (Å²) in [4.78, 5) is 16.0. The number of carbonyl (C=O) groups excluding carboxylic acids is 1. The minimum Gasteiger partial charge on any atom is -0.462 e. The SMILES string of the molecule is CCOC(=O)c1cnc(-c2ccccc2)cc1C. The molecule has 0 atom stereocenters. The molecule has 0 aliphatic heterocycles. The Hall–Kier alpha value is -2.16. The lowest BCUT2D eigenvalue weighted by Gasteiger charge is -2.07. The highest BCUT2D eigenvalue weighted by Crippen LogP contribution is 2.19. The Morgan fingerprint density at radius 3 is 2.61 bits per heavy atom. The van der Waals surface area contributed by atoms with Gasteiger partial charge in [-0.05, 0) is 25.5 Å². The number of ether oxygens (including phenoxy) is 1. The third-order valence-electron chi connectivity index (χ3n) is 2.68. The highest BCUT2D eigenvalue weighted by Gasteiger charge is 2.11. The number of aromatic nitrogens is 1. The molecule has 0 aliphatic carbocycles. The summed E-state index contributed by atoms with van der Waals surface area (Å²) in [6, 6.07) is 11.8. The lowest BCUT2D eigenvalue weighted by Crippen LogP contribution is -2.07. The van der Waals surface area contributed by atoms with Crippen molar-refractivity contribution in [2.45, 2.75) is 13.8 Å². The maximum atomic E-state index is 11.7. The third kappa shape index (κ3) is 2.56. The van der Waals surface area contributed by atoms with Gasteiger partial charge < -0.3 is 4.74 Å². The Labute approximate surface area is 106 Å². The molecule has 92 valence electrons. The van der Waals surface area contributed by atoms with Crippen LogP contribution >= 0.6 is 0 Å². The molecular formula is C15H15NO2. The van der Waals surface area contributed by atoms with E-state index in [1.807, 2.05) is 43.3 Å². The quantitative estimate of drug-likeness (QED) is 0.774. The van der Waals surface area contributed by atoms with Crippen LogP contribution in [0.4, 0.5) is 0 Å². The van der Waals surface area contributed by atoms with Gasteiger partial charge in [0.1, 0.15) is 0 Å². The van der Waals surface area contributed by atoms with Gasteiger partial charge in [0.05, 0.1) is 17.9 Å². The topological polar surface area (TPSA) is 39.2 Å². The summed E-state index contributed by atoms with van der Waals surface area (Å²) in [7, 11) is 0. The lowest BCUT2D eigenvalue weighted by atomic mass is 10.1. The maximum Gasteiger partial charge on any atom is 0.339 e. The molecule has 0 fully saturated rings. The van der Waals surface area contributed by atoms with Gasteiger partial charge in [0.2, 0.25) is 0 Å². The van der Waals surface area contributed by atoms with Crippen molar-refractivity contribution in [3.8, 4) is 11.3 Å². The number of esters is 1. The van der Waals surface area contributed by atoms with Crippen LogP contribution in [0.2, 0.25) is 0 Å². The predicted molar refractivity (Wildman–Crippen MR) is 70.4 cm³/mol. The van der Waals surface area contributed by atoms with Crippen LogP contribution in [0.15, 0.2) is 42.6 Å². The van der Waals surface area contributed by atoms with Gasteiger partial charge in [0, 0.05) is 11.8 Å². The van der Waals surface area contributed by atoms with E-state index in [1.165, 1.54) is 0 Å². The second kappa shape index (κ2) is 5.45. The van der Waals surface area contributed by atoms with E-state index in [0.717, 1.165) is 16.8 Å². The molecule has 0 amide bonds. The van der Waals surface area contributed by atoms with Crippen LogP contribution in [0.3, 0.4) is 0 Å². The molecule has 0 spiro atoms. The maximum absolute atomic E-state index is 11.7. The molecule has 0 saturated heterocycles. The van der Waals surface area contributed by atoms with Crippen molar-refractivity contribution in [1.82, 2.24) is 4.98 Å². The van der Waals surface area contributed by atoms with Gasteiger partial charge in [-0.3, -0.25) is 4.98 Å². The second-order valence-corrected chi connectivity index (χ2v) is 3.97. The van der Waals surface area contributed by atoms with Crippen LogP contribution in [-0.2, 0) is 4.74 Å². The van der Waals surface area contributed by atoms with Crippen molar-refractivity contribution >= 4 is 5.97 Å². The van der Waals surface area contributed by atoms with Crippen LogP contribution in [0.25, 0.3) is 11.3 Å². The van der Waals surface area contributed by atoms with E-state index in [4.69, 9.17) is 4.74 Å². The molecule has 1 heterocycles. The Kier molecular flexibility index (Phi) is 3.72. The van der Waals surface area contributed by atoms with Crippen LogP contribution in [0.1, 0.15) is 22.8 Å². The summed E-state index contributed by atoms with van der Waals surface area (Å²) in [5.41, 5.74) is 3.30. The first-order chi connectivity index (χ1) is 8.72. The summed E-state index contributed by atoms with van der Waals surface area (Å²) < 4.78 is 4.98. The average Bonchev–Trinajstić information content (AvgIpc) is 2.40. The fraction of sp³-hybridized carbons (Fsp3) is 0.200. The number of rotatable bonds is 3. The smallest absolute Gasteiger partial charge is 0.339 e. The minimum atomic E-state index is -0.317. The van der Waals surface area contributed by atoms with E-state index in [1.54, 1.807) is 13.1 Å². The Balaban J connectivity index is 2.34. The number of nitrogens with zero attached hydrogens (tertiary/aromatic N) is 1. The molecule has 18 heavy (non-hydrogen) atoms. The number of hydrogen-bond acceptors (Lipinski definition) is 3. The predicted octanol–water partition coefficient (Wildman–Crippen LogP) is 3.23. The summed E-state index contributed by atoms with van der Waals surface area (Å²) in [6.07, 6.45) is 1.58. The Bertz CT molecular complexity index is 550. The first-order valence-corrected chi connectivity index (χ1v) is 5.91. The van der Waals surface area contributed by atoms with E-state index in [-0.39, 0.29) is 5.97 Å². The molecule has 0 aliphatic rings. The van der Waals surface area contributed by atoms with Crippen molar-refractivity contribution in [2.75, 3.05) is 6.61 Å². The molecule has 0 N–H and O–H groups in total. The summed E-state index contributed by atoms with van der Waals surface area (Å²) in [6.45, 7) is 4.05. The van der Waals surface area contributed by atoms with E-state index < -0.39 is 0 Å². The van der Waals surface area contributed by atoms with Gasteiger partial charge in [-0.1, -0.05) is 30.3 Å². The molecular weight excluding hydrogens is 226 g/mol. The lowest BCUT2D eigenvalue weighted by molar-refractivity contribution is 0.0525. The van der Waals surface area contributed by atoms with Crippen molar-refractivity contribution < 1.29 is 9.53 Å². The van der Waals surface area contributed by atoms with Crippen LogP contribution < -0.4 is 0 Å². The van der Waals surface area contributed by atoms with Crippen molar-refractivity contribution in [1.29, 1.82) is 0 Å². The number of hydrogen-bond donors (Lipinski definition) is 0. The van der Waals surface area contributed by atoms with Gasteiger partial charge >= 0.3 is 5.97 Å². The van der Waals surface area contributed by atoms with E-state index >= 15 is 0 Å². The first-order valence-electron chi connectivity index (χ1n) is 5.91. The fourth-order valence-corrected chi connectivity index (χ4v) is 1.75. The molecule has 3 nitrogen and oxygen atoms in total. The Morgan fingerprint density at radius 1 is 1.28 bits per heavy atom. The first kappa shape index (κ1) is 12.3. The van der Waals surface area contributed by atoms with Crippen LogP contribution in [-0.4, -0.2) is 17.6 Å². The zero-order valence-electron chi connectivity index (χ0n) is 10.5. The molecule has 0 bridgehead atoms. The molecule has 3 heteroatoms. The summed E-state index contributed by atoms with van der Waals surface area (Å²) >= 11 is 0. The van der Waals surface area contributed by atoms with Crippen molar-refractivity contribution in [3.63, 3.8) is 0 Å². The van der Waals surface area contributed by atoms with Crippen molar-refractivity contribution in [2.24, 2.45) is 0 Å². The number of pyridine rings is 1. The Morgan fingerprint density at radius 2 is 2.00 bits per heavy atom. The minimum absolute atomic E-state index is 0.317. The number of aryl methyl sites for hydroxylation is 1. The molecule has 0 saturated carbocycles. The van der Waals surface area contributed by atoms with Gasteiger partial charge in [-0.15, -0.1) is 0 Å². The monoisotopic (exact) mass is 241 g/mol. The largest absolute Gasteiger partial charge is 0.462 e. The van der Waals surface area contributed by atoms with Gasteiger partial charge in [-0.25, -0.2) is 4.79 Å². The molecule has 0 unspecified atom stereocenters. The highest BCUT2D eigenvalue weighted by molar-refractivity contribution is 5.91. The zero-order valence-corrected chi connectivity index (χ0v) is 10.5. The molecule has 2 rings (SSSR count). The zero-order chi connectivity index (χ0) is 13.0. The van der Waals surface area contributed by atoms with E-state index in [2.05, 4.69) is 4.98 Å². The van der Waals surface area contributed by atoms with Crippen LogP contribution in [0.5, 0.6) is 0 Å². The second-order valence-electron chi connectivity index (χ2n) is 3.97. The molecule has 1 aromatic heterocycles. The number of benzene rings is 1. The molecule has 1 aromatic carbocycles. The van der Waals surface area contributed by atoms with Crippen LogP contribution in [0, 0.1) is 6.92 Å². The molecule has 2 aromatic rings. The average molecular weight is 241 g/mol.